The predicted octanol–water partition coefficient (Wildman–Crippen LogP) is 3.55. The molecule has 0 amide bonds. The zero-order valence-corrected chi connectivity index (χ0v) is 14.2. The van der Waals surface area contributed by atoms with Crippen LogP contribution in [0.15, 0.2) is 4.47 Å². The van der Waals surface area contributed by atoms with Gasteiger partial charge in [0, 0.05) is 19.0 Å². The Morgan fingerprint density at radius 3 is 2.53 bits per heavy atom. The minimum absolute atomic E-state index is 0.491. The van der Waals surface area contributed by atoms with E-state index in [0.29, 0.717) is 11.5 Å². The van der Waals surface area contributed by atoms with Gasteiger partial charge in [-0.2, -0.15) is 5.10 Å². The van der Waals surface area contributed by atoms with Crippen molar-refractivity contribution in [1.82, 2.24) is 15.1 Å². The smallest absolute Gasteiger partial charge is 0.0766 e. The van der Waals surface area contributed by atoms with Gasteiger partial charge in [0.15, 0.2) is 0 Å². The molecule has 1 heterocycles. The minimum Gasteiger partial charge on any atom is -0.313 e. The topological polar surface area (TPSA) is 29.9 Å². The van der Waals surface area contributed by atoms with Crippen molar-refractivity contribution in [1.29, 1.82) is 0 Å². The Labute approximate surface area is 125 Å². The summed E-state index contributed by atoms with van der Waals surface area (Å²) < 4.78 is 3.39. The van der Waals surface area contributed by atoms with Gasteiger partial charge in [-0.25, -0.2) is 0 Å². The van der Waals surface area contributed by atoms with E-state index in [4.69, 9.17) is 5.10 Å². The van der Waals surface area contributed by atoms with E-state index in [1.165, 1.54) is 28.7 Å². The number of hydrogen-bond donors (Lipinski definition) is 1. The molecule has 1 atom stereocenters. The normalized spacial score (nSPS) is 18.6. The molecule has 1 aromatic rings. The summed E-state index contributed by atoms with van der Waals surface area (Å²) in [5.41, 5.74) is 3.04. The van der Waals surface area contributed by atoms with Crippen LogP contribution in [0.25, 0.3) is 0 Å². The van der Waals surface area contributed by atoms with Crippen LogP contribution in [0.5, 0.6) is 0 Å². The summed E-state index contributed by atoms with van der Waals surface area (Å²) in [6, 6.07) is 0.570. The van der Waals surface area contributed by atoms with Crippen LogP contribution in [0.2, 0.25) is 0 Å². The molecule has 1 N–H and O–H groups in total. The molecule has 1 aromatic heterocycles. The second-order valence-electron chi connectivity index (χ2n) is 5.85. The molecule has 0 aliphatic heterocycles. The molecule has 0 saturated heterocycles. The van der Waals surface area contributed by atoms with Crippen molar-refractivity contribution in [2.24, 2.45) is 5.41 Å². The lowest BCUT2D eigenvalue weighted by Crippen LogP contribution is -2.38. The average Bonchev–Trinajstić information content (AvgIpc) is 3.07. The number of likely N-dealkylation sites (N-methyl/N-ethyl adjacent to an activating group) is 1. The van der Waals surface area contributed by atoms with Crippen molar-refractivity contribution in [3.63, 3.8) is 0 Å². The molecular formula is C15H26BrN3. The molecule has 1 aliphatic carbocycles. The Morgan fingerprint density at radius 1 is 1.37 bits per heavy atom. The molecule has 3 nitrogen and oxygen atoms in total. The SMILES string of the molecule is CCNC(Cc1c(Br)c(CC)nn1CC)C1(C)CC1. The lowest BCUT2D eigenvalue weighted by Gasteiger charge is -2.25. The molecule has 1 aliphatic rings. The molecule has 19 heavy (non-hydrogen) atoms. The highest BCUT2D eigenvalue weighted by Crippen LogP contribution is 2.49. The molecule has 1 saturated carbocycles. The first-order valence-electron chi connectivity index (χ1n) is 7.53. The van der Waals surface area contributed by atoms with E-state index in [2.05, 4.69) is 53.6 Å². The molecule has 0 spiro atoms. The third-order valence-corrected chi connectivity index (χ3v) is 5.34. The Morgan fingerprint density at radius 2 is 2.05 bits per heavy atom. The largest absolute Gasteiger partial charge is 0.313 e. The van der Waals surface area contributed by atoms with Crippen LogP contribution >= 0.6 is 15.9 Å². The van der Waals surface area contributed by atoms with Crippen LogP contribution < -0.4 is 5.32 Å². The van der Waals surface area contributed by atoms with Crippen LogP contribution in [0.1, 0.15) is 51.9 Å². The van der Waals surface area contributed by atoms with Gasteiger partial charge in [0.05, 0.1) is 15.9 Å². The van der Waals surface area contributed by atoms with Crippen molar-refractivity contribution in [2.75, 3.05) is 6.54 Å². The predicted molar refractivity (Wildman–Crippen MR) is 83.5 cm³/mol. The quantitative estimate of drug-likeness (QED) is 0.830. The van der Waals surface area contributed by atoms with E-state index in [-0.39, 0.29) is 0 Å². The molecule has 4 heteroatoms. The number of rotatable bonds is 7. The maximum absolute atomic E-state index is 4.70. The van der Waals surface area contributed by atoms with Gasteiger partial charge in [-0.1, -0.05) is 20.8 Å². The minimum atomic E-state index is 0.491. The molecule has 0 radical (unpaired) electrons. The third-order valence-electron chi connectivity index (χ3n) is 4.42. The highest BCUT2D eigenvalue weighted by atomic mass is 79.9. The highest BCUT2D eigenvalue weighted by Gasteiger charge is 2.44. The molecule has 108 valence electrons. The van der Waals surface area contributed by atoms with Crippen molar-refractivity contribution < 1.29 is 0 Å². The van der Waals surface area contributed by atoms with Gasteiger partial charge in [0.2, 0.25) is 0 Å². The fourth-order valence-corrected chi connectivity index (χ4v) is 3.49. The van der Waals surface area contributed by atoms with E-state index in [9.17, 15) is 0 Å². The zero-order chi connectivity index (χ0) is 14.0. The van der Waals surface area contributed by atoms with Crippen LogP contribution in [-0.4, -0.2) is 22.4 Å². The maximum Gasteiger partial charge on any atom is 0.0766 e. The van der Waals surface area contributed by atoms with Gasteiger partial charge in [-0.15, -0.1) is 0 Å². The number of halogens is 1. The molecule has 1 fully saturated rings. The zero-order valence-electron chi connectivity index (χ0n) is 12.6. The van der Waals surface area contributed by atoms with Crippen LogP contribution in [0.4, 0.5) is 0 Å². The first-order valence-corrected chi connectivity index (χ1v) is 8.32. The molecular weight excluding hydrogens is 302 g/mol. The van der Waals surface area contributed by atoms with Gasteiger partial charge < -0.3 is 5.32 Å². The lowest BCUT2D eigenvalue weighted by molar-refractivity contribution is 0.352. The Bertz CT molecular complexity index is 435. The Kier molecular flexibility index (Phi) is 4.72. The standard InChI is InChI=1S/C15H26BrN3/c1-5-11-14(16)12(19(7-3)18-11)10-13(17-6-2)15(4)8-9-15/h13,17H,5-10H2,1-4H3. The Hall–Kier alpha value is -0.350. The van der Waals surface area contributed by atoms with Crippen LogP contribution in [0, 0.1) is 5.41 Å². The summed E-state index contributed by atoms with van der Waals surface area (Å²) in [6.07, 6.45) is 4.77. The fourth-order valence-electron chi connectivity index (χ4n) is 2.76. The van der Waals surface area contributed by atoms with E-state index < -0.39 is 0 Å². The first-order chi connectivity index (χ1) is 9.05. The summed E-state index contributed by atoms with van der Waals surface area (Å²) in [5, 5.41) is 8.38. The van der Waals surface area contributed by atoms with Crippen molar-refractivity contribution in [3.05, 3.63) is 15.9 Å². The summed E-state index contributed by atoms with van der Waals surface area (Å²) >= 11 is 3.76. The van der Waals surface area contributed by atoms with Crippen molar-refractivity contribution in [2.45, 2.75) is 66.0 Å². The summed E-state index contributed by atoms with van der Waals surface area (Å²) in [4.78, 5) is 0. The second kappa shape index (κ2) is 5.96. The van der Waals surface area contributed by atoms with Gasteiger partial charge >= 0.3 is 0 Å². The second-order valence-corrected chi connectivity index (χ2v) is 6.64. The monoisotopic (exact) mass is 327 g/mol. The van der Waals surface area contributed by atoms with Gasteiger partial charge in [-0.05, 0) is 54.1 Å². The number of aryl methyl sites for hydroxylation is 2. The first kappa shape index (κ1) is 15.0. The summed E-state index contributed by atoms with van der Waals surface area (Å²) in [5.74, 6) is 0. The number of hydrogen-bond acceptors (Lipinski definition) is 2. The lowest BCUT2D eigenvalue weighted by atomic mass is 9.94. The molecule has 0 bridgehead atoms. The van der Waals surface area contributed by atoms with Crippen LogP contribution in [-0.2, 0) is 19.4 Å². The van der Waals surface area contributed by atoms with Gasteiger partial charge in [-0.3, -0.25) is 4.68 Å². The number of nitrogens with zero attached hydrogens (tertiary/aromatic N) is 2. The number of aromatic nitrogens is 2. The highest BCUT2D eigenvalue weighted by molar-refractivity contribution is 9.10. The van der Waals surface area contributed by atoms with E-state index >= 15 is 0 Å². The van der Waals surface area contributed by atoms with Crippen molar-refractivity contribution in [3.8, 4) is 0 Å². The summed E-state index contributed by atoms with van der Waals surface area (Å²) in [7, 11) is 0. The van der Waals surface area contributed by atoms with Crippen molar-refractivity contribution >= 4 is 15.9 Å². The molecule has 0 aromatic carbocycles. The van der Waals surface area contributed by atoms with Crippen LogP contribution in [0.3, 0.4) is 0 Å². The van der Waals surface area contributed by atoms with E-state index in [0.717, 1.165) is 25.9 Å². The van der Waals surface area contributed by atoms with E-state index in [1.807, 2.05) is 0 Å². The average molecular weight is 328 g/mol. The van der Waals surface area contributed by atoms with E-state index in [1.54, 1.807) is 0 Å². The number of nitrogens with one attached hydrogen (secondary N) is 1. The maximum atomic E-state index is 4.70. The Balaban J connectivity index is 2.23. The van der Waals surface area contributed by atoms with Gasteiger partial charge in [0.25, 0.3) is 0 Å². The summed E-state index contributed by atoms with van der Waals surface area (Å²) in [6.45, 7) is 10.9. The fraction of sp³-hybridized carbons (Fsp3) is 0.800. The molecule has 1 unspecified atom stereocenters. The van der Waals surface area contributed by atoms with Gasteiger partial charge in [0.1, 0.15) is 0 Å². The third kappa shape index (κ3) is 3.05. The molecule has 2 rings (SSSR count).